The number of hydrogen-bond acceptors (Lipinski definition) is 3. The topological polar surface area (TPSA) is 73.3 Å². The van der Waals surface area contributed by atoms with E-state index in [0.717, 1.165) is 5.82 Å². The lowest BCUT2D eigenvalue weighted by atomic mass is 10.2. The summed E-state index contributed by atoms with van der Waals surface area (Å²) in [6.07, 6.45) is 1.73. The molecule has 2 heterocycles. The van der Waals surface area contributed by atoms with Gasteiger partial charge in [-0.15, -0.1) is 10.2 Å². The zero-order valence-electron chi connectivity index (χ0n) is 7.06. The molecule has 5 heteroatoms. The number of aromatic nitrogens is 3. The van der Waals surface area contributed by atoms with Crippen molar-refractivity contribution in [2.24, 2.45) is 5.73 Å². The predicted octanol–water partition coefficient (Wildman–Crippen LogP) is 0.137. The van der Waals surface area contributed by atoms with Gasteiger partial charge in [0.2, 0.25) is 5.91 Å². The molecule has 0 radical (unpaired) electrons. The number of hydrogen-bond donors (Lipinski definition) is 1. The molecule has 0 aromatic carbocycles. The summed E-state index contributed by atoms with van der Waals surface area (Å²) in [5.41, 5.74) is 6.19. The maximum atomic E-state index is 10.8. The van der Waals surface area contributed by atoms with Crippen LogP contribution in [-0.2, 0) is 0 Å². The van der Waals surface area contributed by atoms with Gasteiger partial charge in [-0.25, -0.2) is 0 Å². The normalized spacial score (nSPS) is 10.5. The first-order valence-electron chi connectivity index (χ1n) is 3.79. The van der Waals surface area contributed by atoms with Gasteiger partial charge in [0.15, 0.2) is 5.65 Å². The van der Waals surface area contributed by atoms with Crippen LogP contribution in [-0.4, -0.2) is 20.5 Å². The van der Waals surface area contributed by atoms with E-state index in [2.05, 4.69) is 10.2 Å². The SMILES string of the molecule is Cc1nnc2cc(C(N)=O)ccn12. The molecule has 5 nitrogen and oxygen atoms in total. The number of nitrogens with two attached hydrogens (primary N) is 1. The van der Waals surface area contributed by atoms with Gasteiger partial charge in [0.05, 0.1) is 0 Å². The van der Waals surface area contributed by atoms with Crippen molar-refractivity contribution in [1.82, 2.24) is 14.6 Å². The summed E-state index contributed by atoms with van der Waals surface area (Å²) >= 11 is 0. The van der Waals surface area contributed by atoms with Crippen LogP contribution in [0, 0.1) is 6.92 Å². The van der Waals surface area contributed by atoms with E-state index in [4.69, 9.17) is 5.73 Å². The molecule has 0 bridgehead atoms. The van der Waals surface area contributed by atoms with E-state index in [1.54, 1.807) is 22.7 Å². The summed E-state index contributed by atoms with van der Waals surface area (Å²) in [5.74, 6) is 0.328. The van der Waals surface area contributed by atoms with Gasteiger partial charge in [0, 0.05) is 11.8 Å². The maximum Gasteiger partial charge on any atom is 0.248 e. The van der Waals surface area contributed by atoms with E-state index >= 15 is 0 Å². The van der Waals surface area contributed by atoms with Crippen LogP contribution in [0.5, 0.6) is 0 Å². The second-order valence-corrected chi connectivity index (χ2v) is 2.76. The van der Waals surface area contributed by atoms with Crippen LogP contribution in [0.2, 0.25) is 0 Å². The number of amides is 1. The molecule has 0 aliphatic heterocycles. The Labute approximate surface area is 74.2 Å². The summed E-state index contributed by atoms with van der Waals surface area (Å²) in [6.45, 7) is 1.84. The van der Waals surface area contributed by atoms with Gasteiger partial charge >= 0.3 is 0 Å². The van der Waals surface area contributed by atoms with Crippen molar-refractivity contribution < 1.29 is 4.79 Å². The number of nitrogens with zero attached hydrogens (tertiary/aromatic N) is 3. The van der Waals surface area contributed by atoms with E-state index in [-0.39, 0.29) is 0 Å². The highest BCUT2D eigenvalue weighted by molar-refractivity contribution is 5.93. The van der Waals surface area contributed by atoms with E-state index in [9.17, 15) is 4.79 Å². The molecular weight excluding hydrogens is 168 g/mol. The van der Waals surface area contributed by atoms with Gasteiger partial charge in [0.25, 0.3) is 0 Å². The van der Waals surface area contributed by atoms with Gasteiger partial charge in [-0.2, -0.15) is 0 Å². The lowest BCUT2D eigenvalue weighted by Gasteiger charge is -1.96. The summed E-state index contributed by atoms with van der Waals surface area (Å²) in [6, 6.07) is 3.26. The first-order valence-corrected chi connectivity index (χ1v) is 3.79. The molecule has 0 aliphatic carbocycles. The number of carbonyl (C=O) groups is 1. The lowest BCUT2D eigenvalue weighted by molar-refractivity contribution is 0.100. The average molecular weight is 176 g/mol. The molecule has 2 aromatic heterocycles. The molecule has 0 atom stereocenters. The molecule has 0 spiro atoms. The lowest BCUT2D eigenvalue weighted by Crippen LogP contribution is -2.11. The van der Waals surface area contributed by atoms with Crippen LogP contribution < -0.4 is 5.73 Å². The maximum absolute atomic E-state index is 10.8. The second-order valence-electron chi connectivity index (χ2n) is 2.76. The molecule has 0 aliphatic rings. The molecule has 2 rings (SSSR count). The Morgan fingerprint density at radius 2 is 2.31 bits per heavy atom. The van der Waals surface area contributed by atoms with Crippen molar-refractivity contribution >= 4 is 11.6 Å². The zero-order valence-corrected chi connectivity index (χ0v) is 7.06. The van der Waals surface area contributed by atoms with Crippen LogP contribution in [0.3, 0.4) is 0 Å². The van der Waals surface area contributed by atoms with Gasteiger partial charge in [0.1, 0.15) is 5.82 Å². The first-order chi connectivity index (χ1) is 6.18. The molecule has 2 N–H and O–H groups in total. The molecule has 0 saturated heterocycles. The second kappa shape index (κ2) is 2.55. The van der Waals surface area contributed by atoms with Crippen LogP contribution >= 0.6 is 0 Å². The van der Waals surface area contributed by atoms with Crippen molar-refractivity contribution in [3.8, 4) is 0 Å². The fourth-order valence-electron chi connectivity index (χ4n) is 1.16. The Kier molecular flexibility index (Phi) is 1.51. The quantitative estimate of drug-likeness (QED) is 0.671. The van der Waals surface area contributed by atoms with Crippen LogP contribution in [0.4, 0.5) is 0 Å². The highest BCUT2D eigenvalue weighted by Gasteiger charge is 2.04. The highest BCUT2D eigenvalue weighted by Crippen LogP contribution is 2.05. The summed E-state index contributed by atoms with van der Waals surface area (Å²) in [4.78, 5) is 10.8. The van der Waals surface area contributed by atoms with Gasteiger partial charge in [-0.05, 0) is 19.1 Å². The Hall–Kier alpha value is -1.91. The highest BCUT2D eigenvalue weighted by atomic mass is 16.1. The monoisotopic (exact) mass is 176 g/mol. The number of fused-ring (bicyclic) bond motifs is 1. The summed E-state index contributed by atoms with van der Waals surface area (Å²) in [7, 11) is 0. The van der Waals surface area contributed by atoms with E-state index in [1.165, 1.54) is 0 Å². The predicted molar refractivity (Wildman–Crippen MR) is 46.2 cm³/mol. The van der Waals surface area contributed by atoms with Gasteiger partial charge in [-0.3, -0.25) is 9.20 Å². The van der Waals surface area contributed by atoms with Crippen LogP contribution in [0.1, 0.15) is 16.2 Å². The molecule has 66 valence electrons. The minimum absolute atomic E-state index is 0.444. The number of aryl methyl sites for hydroxylation is 1. The minimum atomic E-state index is -0.455. The van der Waals surface area contributed by atoms with Crippen LogP contribution in [0.25, 0.3) is 5.65 Å². The van der Waals surface area contributed by atoms with Crippen molar-refractivity contribution in [3.63, 3.8) is 0 Å². The fourth-order valence-corrected chi connectivity index (χ4v) is 1.16. The van der Waals surface area contributed by atoms with Crippen molar-refractivity contribution in [3.05, 3.63) is 29.7 Å². The zero-order chi connectivity index (χ0) is 9.42. The number of pyridine rings is 1. The molecular formula is C8H8N4O. The Morgan fingerprint density at radius 1 is 1.54 bits per heavy atom. The number of primary amides is 1. The summed E-state index contributed by atoms with van der Waals surface area (Å²) < 4.78 is 1.78. The Balaban J connectivity index is 2.70. The Morgan fingerprint density at radius 3 is 3.00 bits per heavy atom. The third-order valence-corrected chi connectivity index (χ3v) is 1.86. The fraction of sp³-hybridized carbons (Fsp3) is 0.125. The third-order valence-electron chi connectivity index (χ3n) is 1.86. The van der Waals surface area contributed by atoms with E-state index < -0.39 is 5.91 Å². The average Bonchev–Trinajstić information content (AvgIpc) is 2.47. The molecule has 0 unspecified atom stereocenters. The van der Waals surface area contributed by atoms with Gasteiger partial charge < -0.3 is 5.73 Å². The van der Waals surface area contributed by atoms with Crippen molar-refractivity contribution in [2.45, 2.75) is 6.92 Å². The first kappa shape index (κ1) is 7.72. The van der Waals surface area contributed by atoms with E-state index in [0.29, 0.717) is 11.2 Å². The minimum Gasteiger partial charge on any atom is -0.366 e. The largest absolute Gasteiger partial charge is 0.366 e. The molecule has 0 saturated carbocycles. The molecule has 13 heavy (non-hydrogen) atoms. The van der Waals surface area contributed by atoms with E-state index in [1.807, 2.05) is 6.92 Å². The third kappa shape index (κ3) is 1.14. The summed E-state index contributed by atoms with van der Waals surface area (Å²) in [5, 5.41) is 7.72. The molecule has 0 fully saturated rings. The number of rotatable bonds is 1. The smallest absolute Gasteiger partial charge is 0.248 e. The van der Waals surface area contributed by atoms with Gasteiger partial charge in [-0.1, -0.05) is 0 Å². The Bertz CT molecular complexity index is 474. The van der Waals surface area contributed by atoms with Crippen molar-refractivity contribution in [1.29, 1.82) is 0 Å². The molecule has 2 aromatic rings. The van der Waals surface area contributed by atoms with Crippen molar-refractivity contribution in [2.75, 3.05) is 0 Å². The van der Waals surface area contributed by atoms with Crippen LogP contribution in [0.15, 0.2) is 18.3 Å². The number of carbonyl (C=O) groups excluding carboxylic acids is 1. The standard InChI is InChI=1S/C8H8N4O/c1-5-10-11-7-4-6(8(9)13)2-3-12(5)7/h2-4H,1H3,(H2,9,13). The molecule has 1 amide bonds.